The smallest absolute Gasteiger partial charge is 0.385 e. The average molecular weight is 290 g/mol. The molecule has 0 radical (unpaired) electrons. The van der Waals surface area contributed by atoms with Gasteiger partial charge >= 0.3 is 6.18 Å². The van der Waals surface area contributed by atoms with Gasteiger partial charge in [-0.3, -0.25) is 0 Å². The van der Waals surface area contributed by atoms with E-state index in [9.17, 15) is 18.3 Å². The van der Waals surface area contributed by atoms with Gasteiger partial charge in [-0.1, -0.05) is 6.07 Å². The number of nitrogens with one attached hydrogen (secondary N) is 1. The number of pyridine rings is 1. The van der Waals surface area contributed by atoms with Gasteiger partial charge in [0, 0.05) is 25.8 Å². The van der Waals surface area contributed by atoms with E-state index >= 15 is 0 Å². The van der Waals surface area contributed by atoms with Crippen LogP contribution in [0.25, 0.3) is 0 Å². The summed E-state index contributed by atoms with van der Waals surface area (Å²) in [5.41, 5.74) is -0.959. The number of rotatable bonds is 4. The van der Waals surface area contributed by atoms with Gasteiger partial charge in [-0.2, -0.15) is 13.2 Å². The van der Waals surface area contributed by atoms with E-state index in [-0.39, 0.29) is 18.3 Å². The zero-order chi connectivity index (χ0) is 14.6. The Bertz CT molecular complexity index is 434. The monoisotopic (exact) mass is 290 g/mol. The van der Waals surface area contributed by atoms with Crippen molar-refractivity contribution >= 4 is 0 Å². The van der Waals surface area contributed by atoms with Crippen molar-refractivity contribution in [3.8, 4) is 0 Å². The minimum absolute atomic E-state index is 0.0272. The molecule has 0 saturated carbocycles. The Balaban J connectivity index is 1.93. The highest BCUT2D eigenvalue weighted by Gasteiger charge is 2.32. The van der Waals surface area contributed by atoms with E-state index in [4.69, 9.17) is 4.74 Å². The van der Waals surface area contributed by atoms with Crippen molar-refractivity contribution < 1.29 is 23.0 Å². The Morgan fingerprint density at radius 1 is 1.35 bits per heavy atom. The number of aliphatic hydroxyl groups is 1. The molecule has 2 heterocycles. The van der Waals surface area contributed by atoms with Crippen LogP contribution in [0.4, 0.5) is 13.2 Å². The number of halogens is 3. The van der Waals surface area contributed by atoms with Crippen LogP contribution in [0.2, 0.25) is 0 Å². The average Bonchev–Trinajstić information content (AvgIpc) is 2.45. The van der Waals surface area contributed by atoms with Gasteiger partial charge in [-0.15, -0.1) is 0 Å². The summed E-state index contributed by atoms with van der Waals surface area (Å²) in [6, 6.07) is 3.76. The Hall–Kier alpha value is -1.18. The lowest BCUT2D eigenvalue weighted by Crippen LogP contribution is -2.37. The molecular weight excluding hydrogens is 273 g/mol. The molecule has 1 aromatic rings. The minimum Gasteiger partial charge on any atom is -0.385 e. The van der Waals surface area contributed by atoms with Gasteiger partial charge in [-0.25, -0.2) is 4.98 Å². The highest BCUT2D eigenvalue weighted by atomic mass is 19.4. The number of aliphatic hydroxyl groups excluding tert-OH is 1. The molecule has 1 fully saturated rings. The number of alkyl halides is 3. The van der Waals surface area contributed by atoms with Crippen molar-refractivity contribution in [2.24, 2.45) is 0 Å². The van der Waals surface area contributed by atoms with Crippen LogP contribution in [0.5, 0.6) is 0 Å². The SMILES string of the molecule is OC(CNC1CCOCC1)c1cccc(C(F)(F)F)n1. The summed E-state index contributed by atoms with van der Waals surface area (Å²) in [5.74, 6) is 0. The van der Waals surface area contributed by atoms with Gasteiger partial charge < -0.3 is 15.2 Å². The summed E-state index contributed by atoms with van der Waals surface area (Å²) in [4.78, 5) is 3.47. The van der Waals surface area contributed by atoms with E-state index in [1.165, 1.54) is 12.1 Å². The van der Waals surface area contributed by atoms with Crippen molar-refractivity contribution in [3.63, 3.8) is 0 Å². The van der Waals surface area contributed by atoms with Crippen LogP contribution in [0.3, 0.4) is 0 Å². The van der Waals surface area contributed by atoms with Crippen LogP contribution in [0.1, 0.15) is 30.3 Å². The van der Waals surface area contributed by atoms with E-state index in [1.54, 1.807) is 0 Å². The van der Waals surface area contributed by atoms with Crippen molar-refractivity contribution in [3.05, 3.63) is 29.6 Å². The van der Waals surface area contributed by atoms with Gasteiger partial charge in [0.2, 0.25) is 0 Å². The van der Waals surface area contributed by atoms with E-state index in [1.807, 2.05) is 0 Å². The molecule has 1 aliphatic rings. The molecule has 1 atom stereocenters. The lowest BCUT2D eigenvalue weighted by molar-refractivity contribution is -0.141. The molecule has 1 aliphatic heterocycles. The topological polar surface area (TPSA) is 54.4 Å². The Kier molecular flexibility index (Phi) is 4.95. The minimum atomic E-state index is -4.50. The maximum Gasteiger partial charge on any atom is 0.433 e. The third kappa shape index (κ3) is 4.16. The van der Waals surface area contributed by atoms with Gasteiger partial charge in [0.25, 0.3) is 0 Å². The van der Waals surface area contributed by atoms with E-state index in [0.717, 1.165) is 18.9 Å². The molecular formula is C13H17F3N2O2. The molecule has 112 valence electrons. The molecule has 0 aliphatic carbocycles. The van der Waals surface area contributed by atoms with Gasteiger partial charge in [0.1, 0.15) is 11.8 Å². The molecule has 2 N–H and O–H groups in total. The fourth-order valence-corrected chi connectivity index (χ4v) is 2.08. The fraction of sp³-hybridized carbons (Fsp3) is 0.615. The third-order valence-electron chi connectivity index (χ3n) is 3.22. The van der Waals surface area contributed by atoms with Gasteiger partial charge in [0.05, 0.1) is 5.69 Å². The highest BCUT2D eigenvalue weighted by molar-refractivity contribution is 5.15. The summed E-state index contributed by atoms with van der Waals surface area (Å²) >= 11 is 0. The fourth-order valence-electron chi connectivity index (χ4n) is 2.08. The molecule has 20 heavy (non-hydrogen) atoms. The van der Waals surface area contributed by atoms with Crippen LogP contribution in [-0.2, 0) is 10.9 Å². The normalized spacial score (nSPS) is 19.0. The summed E-state index contributed by atoms with van der Waals surface area (Å²) in [6.45, 7) is 1.50. The maximum absolute atomic E-state index is 12.5. The molecule has 0 spiro atoms. The second-order valence-corrected chi connectivity index (χ2v) is 4.76. The summed E-state index contributed by atoms with van der Waals surface area (Å²) < 4.78 is 42.8. The lowest BCUT2D eigenvalue weighted by Gasteiger charge is -2.24. The summed E-state index contributed by atoms with van der Waals surface area (Å²) in [7, 11) is 0. The molecule has 1 aromatic heterocycles. The van der Waals surface area contributed by atoms with Crippen molar-refractivity contribution in [1.29, 1.82) is 0 Å². The Morgan fingerprint density at radius 2 is 2.05 bits per heavy atom. The predicted octanol–water partition coefficient (Wildman–Crippen LogP) is 1.90. The number of ether oxygens (including phenoxy) is 1. The van der Waals surface area contributed by atoms with Crippen LogP contribution in [-0.4, -0.2) is 35.9 Å². The van der Waals surface area contributed by atoms with E-state index in [0.29, 0.717) is 13.2 Å². The maximum atomic E-state index is 12.5. The van der Waals surface area contributed by atoms with E-state index < -0.39 is 18.0 Å². The van der Waals surface area contributed by atoms with Crippen LogP contribution < -0.4 is 5.32 Å². The molecule has 0 amide bonds. The Labute approximate surface area is 115 Å². The first-order valence-corrected chi connectivity index (χ1v) is 6.50. The second kappa shape index (κ2) is 6.51. The van der Waals surface area contributed by atoms with E-state index in [2.05, 4.69) is 10.3 Å². The first kappa shape index (κ1) is 15.2. The van der Waals surface area contributed by atoms with Crippen LogP contribution in [0.15, 0.2) is 18.2 Å². The predicted molar refractivity (Wildman–Crippen MR) is 66.0 cm³/mol. The van der Waals surface area contributed by atoms with Crippen molar-refractivity contribution in [2.45, 2.75) is 31.2 Å². The zero-order valence-corrected chi connectivity index (χ0v) is 10.9. The number of hydrogen-bond acceptors (Lipinski definition) is 4. The van der Waals surface area contributed by atoms with Gasteiger partial charge in [0.15, 0.2) is 0 Å². The summed E-state index contributed by atoms with van der Waals surface area (Å²) in [6.07, 6.45) is -3.88. The molecule has 2 rings (SSSR count). The highest BCUT2D eigenvalue weighted by Crippen LogP contribution is 2.28. The number of aromatic nitrogens is 1. The molecule has 1 saturated heterocycles. The molecule has 0 aromatic carbocycles. The summed E-state index contributed by atoms with van der Waals surface area (Å²) in [5, 5.41) is 13.0. The largest absolute Gasteiger partial charge is 0.433 e. The Morgan fingerprint density at radius 3 is 2.70 bits per heavy atom. The third-order valence-corrected chi connectivity index (χ3v) is 3.22. The molecule has 4 nitrogen and oxygen atoms in total. The number of hydrogen-bond donors (Lipinski definition) is 2. The quantitative estimate of drug-likeness (QED) is 0.889. The first-order valence-electron chi connectivity index (χ1n) is 6.50. The standard InChI is InChI=1S/C13H17F3N2O2/c14-13(15,16)12-3-1-2-10(18-12)11(19)8-17-9-4-6-20-7-5-9/h1-3,9,11,17,19H,4-8H2. The molecule has 7 heteroatoms. The van der Waals surface area contributed by atoms with Crippen LogP contribution in [0, 0.1) is 0 Å². The molecule has 1 unspecified atom stereocenters. The van der Waals surface area contributed by atoms with Crippen molar-refractivity contribution in [2.75, 3.05) is 19.8 Å². The lowest BCUT2D eigenvalue weighted by atomic mass is 10.1. The zero-order valence-electron chi connectivity index (χ0n) is 10.9. The van der Waals surface area contributed by atoms with Crippen LogP contribution >= 0.6 is 0 Å². The van der Waals surface area contributed by atoms with Gasteiger partial charge in [-0.05, 0) is 25.0 Å². The number of nitrogens with zero attached hydrogens (tertiary/aromatic N) is 1. The first-order chi connectivity index (χ1) is 9.47. The molecule has 0 bridgehead atoms. The van der Waals surface area contributed by atoms with Crippen molar-refractivity contribution in [1.82, 2.24) is 10.3 Å². The second-order valence-electron chi connectivity index (χ2n) is 4.76.